The fraction of sp³-hybridized carbons (Fsp3) is 0.333. The SMILES string of the molecule is CCCNC(=N)NC(=O)Cc1ccccc1Cl. The van der Waals surface area contributed by atoms with Gasteiger partial charge < -0.3 is 5.32 Å². The number of amides is 1. The van der Waals surface area contributed by atoms with E-state index >= 15 is 0 Å². The van der Waals surface area contributed by atoms with Crippen molar-refractivity contribution in [3.05, 3.63) is 34.9 Å². The molecule has 17 heavy (non-hydrogen) atoms. The third-order valence-electron chi connectivity index (χ3n) is 2.13. The minimum atomic E-state index is -0.244. The molecule has 4 nitrogen and oxygen atoms in total. The first-order valence-electron chi connectivity index (χ1n) is 5.49. The van der Waals surface area contributed by atoms with Crippen molar-refractivity contribution in [1.29, 1.82) is 5.41 Å². The lowest BCUT2D eigenvalue weighted by molar-refractivity contribution is -0.119. The molecular formula is C12H16ClN3O. The minimum absolute atomic E-state index is 0.0314. The predicted octanol–water partition coefficient (Wildman–Crippen LogP) is 1.93. The Balaban J connectivity index is 2.45. The summed E-state index contributed by atoms with van der Waals surface area (Å²) in [5.41, 5.74) is 0.759. The predicted molar refractivity (Wildman–Crippen MR) is 69.3 cm³/mol. The molecule has 0 aliphatic carbocycles. The van der Waals surface area contributed by atoms with Crippen molar-refractivity contribution in [2.75, 3.05) is 6.54 Å². The zero-order chi connectivity index (χ0) is 12.7. The van der Waals surface area contributed by atoms with Gasteiger partial charge in [-0.3, -0.25) is 15.5 Å². The van der Waals surface area contributed by atoms with Gasteiger partial charge in [0.25, 0.3) is 0 Å². The van der Waals surface area contributed by atoms with E-state index in [9.17, 15) is 4.79 Å². The lowest BCUT2D eigenvalue weighted by Gasteiger charge is -2.08. The summed E-state index contributed by atoms with van der Waals surface area (Å²) in [5, 5.41) is 13.3. The number of hydrogen-bond donors (Lipinski definition) is 3. The van der Waals surface area contributed by atoms with Gasteiger partial charge in [0, 0.05) is 11.6 Å². The van der Waals surface area contributed by atoms with Crippen LogP contribution in [0.3, 0.4) is 0 Å². The number of carbonyl (C=O) groups is 1. The van der Waals surface area contributed by atoms with Gasteiger partial charge >= 0.3 is 0 Å². The second-order valence-corrected chi connectivity index (χ2v) is 4.03. The zero-order valence-corrected chi connectivity index (χ0v) is 10.5. The fourth-order valence-corrected chi connectivity index (χ4v) is 1.50. The van der Waals surface area contributed by atoms with Gasteiger partial charge in [-0.25, -0.2) is 0 Å². The highest BCUT2D eigenvalue weighted by molar-refractivity contribution is 6.31. The quantitative estimate of drug-likeness (QED) is 0.567. The first kappa shape index (κ1) is 13.5. The average Bonchev–Trinajstić information content (AvgIpc) is 2.29. The standard InChI is InChI=1S/C12H16ClN3O/c1-2-7-15-12(14)16-11(17)8-9-5-3-4-6-10(9)13/h3-6H,2,7-8H2,1H3,(H3,14,15,16,17). The largest absolute Gasteiger partial charge is 0.356 e. The van der Waals surface area contributed by atoms with E-state index in [0.29, 0.717) is 11.6 Å². The first-order valence-corrected chi connectivity index (χ1v) is 5.87. The summed E-state index contributed by atoms with van der Waals surface area (Å²) in [6.07, 6.45) is 1.08. The van der Waals surface area contributed by atoms with Crippen LogP contribution in [0.4, 0.5) is 0 Å². The van der Waals surface area contributed by atoms with Crippen LogP contribution in [-0.2, 0) is 11.2 Å². The zero-order valence-electron chi connectivity index (χ0n) is 9.72. The van der Waals surface area contributed by atoms with E-state index in [1.54, 1.807) is 12.1 Å². The summed E-state index contributed by atoms with van der Waals surface area (Å²) in [7, 11) is 0. The Kier molecular flexibility index (Phi) is 5.49. The lowest BCUT2D eigenvalue weighted by Crippen LogP contribution is -2.41. The summed E-state index contributed by atoms with van der Waals surface area (Å²) >= 11 is 5.94. The molecule has 0 fully saturated rings. The van der Waals surface area contributed by atoms with Gasteiger partial charge in [-0.1, -0.05) is 36.7 Å². The minimum Gasteiger partial charge on any atom is -0.356 e. The third kappa shape index (κ3) is 4.87. The van der Waals surface area contributed by atoms with Crippen molar-refractivity contribution in [2.24, 2.45) is 0 Å². The number of carbonyl (C=O) groups excluding carboxylic acids is 1. The van der Waals surface area contributed by atoms with E-state index in [-0.39, 0.29) is 18.3 Å². The number of benzene rings is 1. The molecule has 1 aromatic rings. The molecule has 0 bridgehead atoms. The maximum Gasteiger partial charge on any atom is 0.231 e. The highest BCUT2D eigenvalue weighted by atomic mass is 35.5. The van der Waals surface area contributed by atoms with E-state index in [1.165, 1.54) is 0 Å². The topological polar surface area (TPSA) is 65.0 Å². The van der Waals surface area contributed by atoms with Gasteiger partial charge in [-0.2, -0.15) is 0 Å². The highest BCUT2D eigenvalue weighted by Crippen LogP contribution is 2.14. The Bertz CT molecular complexity index is 406. The van der Waals surface area contributed by atoms with Gasteiger partial charge in [0.1, 0.15) is 0 Å². The van der Waals surface area contributed by atoms with Crippen molar-refractivity contribution in [3.8, 4) is 0 Å². The summed E-state index contributed by atoms with van der Waals surface area (Å²) in [4.78, 5) is 11.6. The fourth-order valence-electron chi connectivity index (χ4n) is 1.29. The number of guanidine groups is 1. The van der Waals surface area contributed by atoms with E-state index in [1.807, 2.05) is 19.1 Å². The first-order chi connectivity index (χ1) is 8.13. The van der Waals surface area contributed by atoms with Gasteiger partial charge in [0.2, 0.25) is 5.91 Å². The molecule has 0 aromatic heterocycles. The van der Waals surface area contributed by atoms with Crippen LogP contribution in [-0.4, -0.2) is 18.4 Å². The van der Waals surface area contributed by atoms with Gasteiger partial charge in [0.15, 0.2) is 5.96 Å². The monoisotopic (exact) mass is 253 g/mol. The van der Waals surface area contributed by atoms with Crippen LogP contribution in [0.25, 0.3) is 0 Å². The summed E-state index contributed by atoms with van der Waals surface area (Å²) in [6.45, 7) is 2.66. The van der Waals surface area contributed by atoms with Gasteiger partial charge in [-0.05, 0) is 18.1 Å². The number of nitrogens with one attached hydrogen (secondary N) is 3. The molecule has 0 spiro atoms. The van der Waals surface area contributed by atoms with Crippen molar-refractivity contribution in [2.45, 2.75) is 19.8 Å². The van der Waals surface area contributed by atoms with Crippen LogP contribution in [0.5, 0.6) is 0 Å². The number of halogens is 1. The molecule has 1 aromatic carbocycles. The molecule has 0 aliphatic rings. The molecule has 92 valence electrons. The molecule has 0 atom stereocenters. The Morgan fingerprint density at radius 3 is 2.76 bits per heavy atom. The Labute approximate surface area is 106 Å². The maximum absolute atomic E-state index is 11.6. The van der Waals surface area contributed by atoms with Crippen LogP contribution in [0.2, 0.25) is 5.02 Å². The van der Waals surface area contributed by atoms with Crippen molar-refractivity contribution in [1.82, 2.24) is 10.6 Å². The van der Waals surface area contributed by atoms with Crippen molar-refractivity contribution < 1.29 is 4.79 Å². The Morgan fingerprint density at radius 2 is 2.12 bits per heavy atom. The van der Waals surface area contributed by atoms with E-state index in [0.717, 1.165) is 12.0 Å². The second-order valence-electron chi connectivity index (χ2n) is 3.62. The van der Waals surface area contributed by atoms with Gasteiger partial charge in [0.05, 0.1) is 6.42 Å². The summed E-state index contributed by atoms with van der Waals surface area (Å²) in [5.74, 6) is -0.212. The molecule has 0 unspecified atom stereocenters. The van der Waals surface area contributed by atoms with E-state index in [2.05, 4.69) is 10.6 Å². The lowest BCUT2D eigenvalue weighted by atomic mass is 10.1. The van der Waals surface area contributed by atoms with Crippen LogP contribution in [0.1, 0.15) is 18.9 Å². The molecule has 0 heterocycles. The second kappa shape index (κ2) is 6.91. The van der Waals surface area contributed by atoms with Crippen molar-refractivity contribution >= 4 is 23.5 Å². The molecule has 1 amide bonds. The number of hydrogen-bond acceptors (Lipinski definition) is 2. The van der Waals surface area contributed by atoms with E-state index in [4.69, 9.17) is 17.0 Å². The molecule has 0 aliphatic heterocycles. The molecule has 0 radical (unpaired) electrons. The molecule has 1 rings (SSSR count). The smallest absolute Gasteiger partial charge is 0.231 e. The van der Waals surface area contributed by atoms with Crippen LogP contribution in [0, 0.1) is 5.41 Å². The van der Waals surface area contributed by atoms with Gasteiger partial charge in [-0.15, -0.1) is 0 Å². The normalized spacial score (nSPS) is 9.76. The molecule has 0 saturated carbocycles. The van der Waals surface area contributed by atoms with Crippen LogP contribution >= 0.6 is 11.6 Å². The number of rotatable bonds is 4. The molecule has 3 N–H and O–H groups in total. The van der Waals surface area contributed by atoms with Crippen LogP contribution < -0.4 is 10.6 Å². The summed E-state index contributed by atoms with van der Waals surface area (Å²) < 4.78 is 0. The Hall–Kier alpha value is -1.55. The maximum atomic E-state index is 11.6. The van der Waals surface area contributed by atoms with Crippen LogP contribution in [0.15, 0.2) is 24.3 Å². The average molecular weight is 254 g/mol. The summed E-state index contributed by atoms with van der Waals surface area (Å²) in [6, 6.07) is 7.18. The molecule has 0 saturated heterocycles. The van der Waals surface area contributed by atoms with E-state index < -0.39 is 0 Å². The highest BCUT2D eigenvalue weighted by Gasteiger charge is 2.07. The molecular weight excluding hydrogens is 238 g/mol. The molecule has 5 heteroatoms. The van der Waals surface area contributed by atoms with Crippen molar-refractivity contribution in [3.63, 3.8) is 0 Å². The Morgan fingerprint density at radius 1 is 1.41 bits per heavy atom. The third-order valence-corrected chi connectivity index (χ3v) is 2.49.